The molecule has 6 rings (SSSR count). The molecule has 3 aliphatic rings. The van der Waals surface area contributed by atoms with E-state index in [1.54, 1.807) is 11.8 Å². The molecule has 2 aliphatic heterocycles. The van der Waals surface area contributed by atoms with Crippen LogP contribution in [0.5, 0.6) is 5.75 Å². The molecule has 1 saturated carbocycles. The summed E-state index contributed by atoms with van der Waals surface area (Å²) in [4.78, 5) is 39.4. The van der Waals surface area contributed by atoms with Crippen LogP contribution in [0.25, 0.3) is 11.0 Å². The van der Waals surface area contributed by atoms with Crippen LogP contribution in [0.3, 0.4) is 0 Å². The van der Waals surface area contributed by atoms with Crippen LogP contribution in [-0.4, -0.2) is 74.5 Å². The van der Waals surface area contributed by atoms with Crippen molar-refractivity contribution in [3.05, 3.63) is 60.4 Å². The third-order valence-corrected chi connectivity index (χ3v) is 8.17. The van der Waals surface area contributed by atoms with Crippen molar-refractivity contribution >= 4 is 28.8 Å². The molecule has 1 aliphatic carbocycles. The number of carbonyl (C=O) groups excluding carboxylic acids is 2. The number of carbonyl (C=O) groups is 2. The summed E-state index contributed by atoms with van der Waals surface area (Å²) in [7, 11) is 0. The lowest BCUT2D eigenvalue weighted by Gasteiger charge is -2.32. The smallest absolute Gasteiger partial charge is 0.258 e. The highest BCUT2D eigenvalue weighted by Gasteiger charge is 2.33. The van der Waals surface area contributed by atoms with Crippen molar-refractivity contribution in [1.29, 1.82) is 0 Å². The number of para-hydroxylation sites is 1. The number of aryl methyl sites for hydroxylation is 1. The van der Waals surface area contributed by atoms with E-state index in [4.69, 9.17) is 13.8 Å². The number of aromatic nitrogens is 3. The molecule has 210 valence electrons. The summed E-state index contributed by atoms with van der Waals surface area (Å²) in [6.07, 6.45) is 7.95. The first kappa shape index (κ1) is 23.0. The van der Waals surface area contributed by atoms with E-state index in [9.17, 15) is 9.59 Å². The number of anilines is 1. The second-order valence-corrected chi connectivity index (χ2v) is 11.0. The third-order valence-electron chi connectivity index (χ3n) is 8.17. The van der Waals surface area contributed by atoms with Crippen LogP contribution in [0.4, 0.5) is 5.95 Å². The molecule has 3 aromatic rings. The van der Waals surface area contributed by atoms with Gasteiger partial charge in [-0.15, -0.1) is 0 Å². The Morgan fingerprint density at radius 1 is 1.12 bits per heavy atom. The van der Waals surface area contributed by atoms with Crippen molar-refractivity contribution in [3.8, 4) is 5.75 Å². The highest BCUT2D eigenvalue weighted by Crippen LogP contribution is 2.37. The van der Waals surface area contributed by atoms with Gasteiger partial charge in [-0.25, -0.2) is 4.98 Å². The first-order valence-electron chi connectivity index (χ1n) is 15.8. The number of nitrogens with zero attached hydrogens (tertiary/aromatic N) is 5. The van der Waals surface area contributed by atoms with E-state index in [0.29, 0.717) is 24.4 Å². The molecule has 0 spiro atoms. The van der Waals surface area contributed by atoms with Crippen LogP contribution < -0.4 is 10.1 Å². The molecule has 40 heavy (non-hydrogen) atoms. The van der Waals surface area contributed by atoms with Gasteiger partial charge >= 0.3 is 0 Å². The van der Waals surface area contributed by atoms with Crippen LogP contribution >= 0.6 is 0 Å². The van der Waals surface area contributed by atoms with E-state index in [-0.39, 0.29) is 47.5 Å². The van der Waals surface area contributed by atoms with Gasteiger partial charge < -0.3 is 19.1 Å². The summed E-state index contributed by atoms with van der Waals surface area (Å²) in [5.74, 6) is 0.0796. The van der Waals surface area contributed by atoms with E-state index in [1.165, 1.54) is 18.9 Å². The van der Waals surface area contributed by atoms with Gasteiger partial charge in [0, 0.05) is 49.7 Å². The number of rotatable bonds is 7. The number of likely N-dealkylation sites (tertiary alicyclic amines) is 2. The van der Waals surface area contributed by atoms with Crippen LogP contribution in [-0.2, 0) is 4.79 Å². The van der Waals surface area contributed by atoms with Gasteiger partial charge in [-0.1, -0.05) is 12.6 Å². The average Bonchev–Trinajstić information content (AvgIpc) is 3.81. The van der Waals surface area contributed by atoms with Gasteiger partial charge in [0.15, 0.2) is 0 Å². The zero-order valence-corrected chi connectivity index (χ0v) is 23.0. The van der Waals surface area contributed by atoms with E-state index >= 15 is 0 Å². The molecule has 0 unspecified atom stereocenters. The number of fused-ring (bicyclic) bond motifs is 1. The highest BCUT2D eigenvalue weighted by molar-refractivity contribution is 6.04. The number of amides is 2. The van der Waals surface area contributed by atoms with E-state index in [0.717, 1.165) is 56.8 Å². The van der Waals surface area contributed by atoms with Crippen LogP contribution in [0, 0.1) is 6.92 Å². The van der Waals surface area contributed by atoms with Crippen molar-refractivity contribution in [2.45, 2.75) is 70.1 Å². The van der Waals surface area contributed by atoms with Crippen LogP contribution in [0.1, 0.15) is 71.2 Å². The number of pyridine rings is 1. The standard InChI is InChI=1S/C31H38N6O3/c1-3-28(38)36-16-5-4-7-24(20-36)37-29-26(33-31(37)34-30(39)22-12-15-32-21(2)19-22)8-6-9-27(29)40-25-13-17-35(18-14-25)23-10-11-23/h3,6,8-9,12,15,19,23-25H,1,4-5,7,10-11,13-14,16-18,20H2,2H3,(H,33,34,39)/t24-/m1/s1/i12D,15D,19D. The summed E-state index contributed by atoms with van der Waals surface area (Å²) >= 11 is 0. The van der Waals surface area contributed by atoms with Crippen molar-refractivity contribution in [2.75, 3.05) is 31.5 Å². The summed E-state index contributed by atoms with van der Waals surface area (Å²) in [5.41, 5.74) is 1.35. The molecule has 0 bridgehead atoms. The molecular weight excluding hydrogens is 504 g/mol. The van der Waals surface area contributed by atoms with Gasteiger partial charge in [0.25, 0.3) is 5.91 Å². The highest BCUT2D eigenvalue weighted by atomic mass is 16.5. The summed E-state index contributed by atoms with van der Waals surface area (Å²) in [6, 6.07) is 5.61. The average molecular weight is 546 g/mol. The molecule has 1 N–H and O–H groups in total. The summed E-state index contributed by atoms with van der Waals surface area (Å²) in [6.45, 7) is 8.28. The number of hydrogen-bond acceptors (Lipinski definition) is 6. The zero-order valence-electron chi connectivity index (χ0n) is 26.0. The van der Waals surface area contributed by atoms with Gasteiger partial charge in [0.2, 0.25) is 11.9 Å². The fourth-order valence-corrected chi connectivity index (χ4v) is 5.98. The minimum absolute atomic E-state index is 0.0574. The van der Waals surface area contributed by atoms with E-state index in [1.807, 2.05) is 22.8 Å². The normalized spacial score (nSPS) is 21.8. The largest absolute Gasteiger partial charge is 0.488 e. The molecule has 3 fully saturated rings. The monoisotopic (exact) mass is 545 g/mol. The molecule has 9 nitrogen and oxygen atoms in total. The minimum atomic E-state index is -0.701. The van der Waals surface area contributed by atoms with Crippen LogP contribution in [0.15, 0.2) is 49.1 Å². The van der Waals surface area contributed by atoms with Gasteiger partial charge in [-0.2, -0.15) is 0 Å². The quantitative estimate of drug-likeness (QED) is 0.431. The third kappa shape index (κ3) is 5.61. The van der Waals surface area contributed by atoms with Crippen molar-refractivity contribution in [1.82, 2.24) is 24.3 Å². The molecule has 4 heterocycles. The maximum absolute atomic E-state index is 13.6. The number of benzene rings is 1. The first-order valence-corrected chi connectivity index (χ1v) is 14.3. The Hall–Kier alpha value is -3.72. The SMILES string of the molecule is [2H]c1nc(C)c([2H])c(C(=O)Nc2nc3cccc(OC4CCN(C5CC5)CC4)c3n2[C@@H]2CCCCN(C(=O)C=C)C2)c1[2H]. The van der Waals surface area contributed by atoms with Gasteiger partial charge in [-0.3, -0.25) is 19.9 Å². The second kappa shape index (κ2) is 11.4. The van der Waals surface area contributed by atoms with Gasteiger partial charge in [-0.05, 0) is 82.2 Å². The fraction of sp³-hybridized carbons (Fsp3) is 0.484. The van der Waals surface area contributed by atoms with Gasteiger partial charge in [0.1, 0.15) is 17.4 Å². The van der Waals surface area contributed by atoms with E-state index in [2.05, 4.69) is 21.8 Å². The predicted octanol–water partition coefficient (Wildman–Crippen LogP) is 4.74. The molecule has 2 saturated heterocycles. The Balaban J connectivity index is 1.39. The molecule has 1 aromatic carbocycles. The van der Waals surface area contributed by atoms with Crippen LogP contribution in [0.2, 0.25) is 0 Å². The molecule has 0 radical (unpaired) electrons. The number of imidazole rings is 1. The number of hydrogen-bond donors (Lipinski definition) is 1. The molecule has 9 heteroatoms. The van der Waals surface area contributed by atoms with E-state index < -0.39 is 11.9 Å². The Kier molecular flexibility index (Phi) is 6.57. The predicted molar refractivity (Wildman–Crippen MR) is 155 cm³/mol. The Bertz CT molecular complexity index is 1540. The molecular formula is C31H38N6O3. The number of nitrogens with one attached hydrogen (secondary N) is 1. The summed E-state index contributed by atoms with van der Waals surface area (Å²) in [5, 5.41) is 2.86. The van der Waals surface area contributed by atoms with Crippen molar-refractivity contribution in [2.24, 2.45) is 0 Å². The fourth-order valence-electron chi connectivity index (χ4n) is 5.98. The first-order chi connectivity index (χ1) is 20.7. The number of piperidine rings is 1. The Labute approximate surface area is 239 Å². The maximum atomic E-state index is 13.6. The lowest BCUT2D eigenvalue weighted by atomic mass is 10.1. The molecule has 2 amide bonds. The second-order valence-electron chi connectivity index (χ2n) is 11.0. The zero-order chi connectivity index (χ0) is 30.2. The number of ether oxygens (including phenoxy) is 1. The van der Waals surface area contributed by atoms with Gasteiger partial charge in [0.05, 0.1) is 15.7 Å². The molecule has 2 aromatic heterocycles. The summed E-state index contributed by atoms with van der Waals surface area (Å²) < 4.78 is 33.3. The van der Waals surface area contributed by atoms with Crippen molar-refractivity contribution in [3.63, 3.8) is 0 Å². The Morgan fingerprint density at radius 3 is 2.73 bits per heavy atom. The minimum Gasteiger partial charge on any atom is -0.488 e. The lowest BCUT2D eigenvalue weighted by Crippen LogP contribution is -2.39. The topological polar surface area (TPSA) is 92.6 Å². The Morgan fingerprint density at radius 2 is 1.95 bits per heavy atom. The maximum Gasteiger partial charge on any atom is 0.258 e. The molecule has 1 atom stereocenters. The lowest BCUT2D eigenvalue weighted by molar-refractivity contribution is -0.126. The van der Waals surface area contributed by atoms with Crippen molar-refractivity contribution < 1.29 is 18.4 Å².